The Kier molecular flexibility index (Phi) is 16.1. The van der Waals surface area contributed by atoms with Crippen molar-refractivity contribution in [2.24, 2.45) is 23.7 Å². The number of hydrogen-bond acceptors (Lipinski definition) is 2. The first kappa shape index (κ1) is 52.0. The third kappa shape index (κ3) is 9.36. The largest absolute Gasteiger partial charge is 2.00 e. The molecular weight excluding hydrogens is 861 g/mol. The number of phenolic OH excluding ortho intramolecular Hbond substituents is 2. The molecule has 2 nitrogen and oxygen atoms in total. The summed E-state index contributed by atoms with van der Waals surface area (Å²) in [6.07, 6.45) is 5.74. The van der Waals surface area contributed by atoms with Crippen molar-refractivity contribution in [3.05, 3.63) is 195 Å². The van der Waals surface area contributed by atoms with Crippen molar-refractivity contribution in [1.29, 1.82) is 0 Å². The Balaban J connectivity index is 0.000000215. The number of benzene rings is 8. The van der Waals surface area contributed by atoms with Gasteiger partial charge in [0.25, 0.3) is 0 Å². The van der Waals surface area contributed by atoms with Crippen LogP contribution in [0.1, 0.15) is 110 Å². The van der Waals surface area contributed by atoms with Crippen LogP contribution in [-0.4, -0.2) is 10.2 Å². The van der Waals surface area contributed by atoms with E-state index in [1.54, 1.807) is 0 Å². The van der Waals surface area contributed by atoms with Gasteiger partial charge in [0.1, 0.15) is 11.5 Å². The molecule has 0 amide bonds. The van der Waals surface area contributed by atoms with E-state index in [1.165, 1.54) is 50.9 Å². The second-order valence-electron chi connectivity index (χ2n) is 20.9. The maximum absolute atomic E-state index is 11.2. The van der Waals surface area contributed by atoms with Gasteiger partial charge in [-0.1, -0.05) is 201 Å². The molecule has 8 aromatic rings. The fourth-order valence-electron chi connectivity index (χ4n) is 12.0. The molecular formula is C65H72O2Ti. The van der Waals surface area contributed by atoms with E-state index >= 15 is 0 Å². The Bertz CT molecular complexity index is 3020. The zero-order valence-corrected chi connectivity index (χ0v) is 43.8. The molecule has 348 valence electrons. The van der Waals surface area contributed by atoms with E-state index < -0.39 is 0 Å². The normalized spacial score (nSPS) is 14.9. The molecule has 0 bridgehead atoms. The minimum absolute atomic E-state index is 0. The molecule has 2 N–H and O–H groups in total. The maximum atomic E-state index is 11.2. The van der Waals surface area contributed by atoms with Crippen LogP contribution in [0.3, 0.4) is 0 Å². The summed E-state index contributed by atoms with van der Waals surface area (Å²) in [6, 6.07) is 56.1. The SMILES string of the molecule is CC(C)CC1(CC(C)C)c2ccccc2-c2ccc(-c3ccc4ccccc4c3O)cc21.CC(C)CCC1(CC(C)C)c2ccccc2-c2ccc(-c3ccc4ccccc4c3O)cc21.[CH3-].[CH3-].[Ti+2]. The minimum Gasteiger partial charge on any atom is -0.507 e. The molecule has 8 aromatic carbocycles. The van der Waals surface area contributed by atoms with Crippen molar-refractivity contribution in [3.63, 3.8) is 0 Å². The molecule has 0 fully saturated rings. The van der Waals surface area contributed by atoms with Gasteiger partial charge in [-0.15, -0.1) is 0 Å². The third-order valence-electron chi connectivity index (χ3n) is 14.4. The van der Waals surface area contributed by atoms with Crippen molar-refractivity contribution in [2.45, 2.75) is 98.3 Å². The van der Waals surface area contributed by atoms with Gasteiger partial charge in [0.2, 0.25) is 0 Å². The second kappa shape index (κ2) is 21.1. The molecule has 2 aliphatic rings. The summed E-state index contributed by atoms with van der Waals surface area (Å²) in [4.78, 5) is 0. The van der Waals surface area contributed by atoms with Gasteiger partial charge in [0.05, 0.1) is 0 Å². The smallest absolute Gasteiger partial charge is 0.507 e. The van der Waals surface area contributed by atoms with Crippen LogP contribution in [0.2, 0.25) is 0 Å². The fourth-order valence-corrected chi connectivity index (χ4v) is 12.0. The van der Waals surface area contributed by atoms with Crippen molar-refractivity contribution >= 4 is 21.5 Å². The Labute approximate surface area is 423 Å². The molecule has 0 aromatic heterocycles. The topological polar surface area (TPSA) is 40.5 Å². The van der Waals surface area contributed by atoms with E-state index in [9.17, 15) is 10.2 Å². The molecule has 3 heteroatoms. The van der Waals surface area contributed by atoms with Gasteiger partial charge in [-0.3, -0.25) is 0 Å². The van der Waals surface area contributed by atoms with Crippen molar-refractivity contribution < 1.29 is 31.9 Å². The molecule has 10 rings (SSSR count). The number of fused-ring (bicyclic) bond motifs is 8. The van der Waals surface area contributed by atoms with E-state index in [4.69, 9.17) is 0 Å². The van der Waals surface area contributed by atoms with Crippen LogP contribution < -0.4 is 0 Å². The van der Waals surface area contributed by atoms with Crippen LogP contribution in [0.25, 0.3) is 66.1 Å². The molecule has 0 aliphatic heterocycles. The first-order chi connectivity index (χ1) is 31.3. The number of rotatable bonds is 11. The van der Waals surface area contributed by atoms with E-state index in [0.29, 0.717) is 35.2 Å². The van der Waals surface area contributed by atoms with E-state index in [0.717, 1.165) is 69.5 Å². The summed E-state index contributed by atoms with van der Waals surface area (Å²) in [5.74, 6) is 3.18. The molecule has 0 heterocycles. The van der Waals surface area contributed by atoms with Gasteiger partial charge < -0.3 is 25.1 Å². The number of phenols is 2. The zero-order chi connectivity index (χ0) is 45.6. The Morgan fingerprint density at radius 3 is 1.16 bits per heavy atom. The van der Waals surface area contributed by atoms with Crippen LogP contribution in [0.15, 0.2) is 158 Å². The van der Waals surface area contributed by atoms with Crippen LogP contribution in [0.4, 0.5) is 0 Å². The average molecular weight is 933 g/mol. The van der Waals surface area contributed by atoms with Crippen LogP contribution in [-0.2, 0) is 32.5 Å². The van der Waals surface area contributed by atoms with Gasteiger partial charge in [-0.2, -0.15) is 0 Å². The first-order valence-electron chi connectivity index (χ1n) is 24.2. The Morgan fingerprint density at radius 1 is 0.368 bits per heavy atom. The van der Waals surface area contributed by atoms with Crippen molar-refractivity contribution in [2.75, 3.05) is 0 Å². The summed E-state index contributed by atoms with van der Waals surface area (Å²) in [5.41, 5.74) is 15.3. The standard InChI is InChI=1S/C32H34O.C31H32O.2CH3.Ti/c1-21(2)17-18-32(20-22(3)4)29-12-8-7-11-27(29)28-16-14-24(19-30(28)32)26-15-13-23-9-5-6-10-25(23)31(26)33;1-20(2)18-31(19-21(3)4)28-12-8-7-11-26(28)27-16-14-23(17-29(27)31)25-15-13-22-9-5-6-10-24(22)30(25)32;;;/h5-16,19,21-22,33H,17-18,20H2,1-4H3;5-17,20-21,32H,18-19H2,1-4H3;2*1H3;/q;;2*-1;+2. The summed E-state index contributed by atoms with van der Waals surface area (Å²) in [6.45, 7) is 18.7. The van der Waals surface area contributed by atoms with Gasteiger partial charge in [-0.05, 0) is 134 Å². The van der Waals surface area contributed by atoms with Crippen molar-refractivity contribution in [1.82, 2.24) is 0 Å². The van der Waals surface area contributed by atoms with Crippen LogP contribution >= 0.6 is 0 Å². The molecule has 2 aliphatic carbocycles. The average Bonchev–Trinajstić information content (AvgIpc) is 3.71. The predicted molar refractivity (Wildman–Crippen MR) is 290 cm³/mol. The predicted octanol–water partition coefficient (Wildman–Crippen LogP) is 18.4. The fraction of sp³-hybridized carbons (Fsp3) is 0.292. The van der Waals surface area contributed by atoms with E-state index in [-0.39, 0.29) is 47.4 Å². The summed E-state index contributed by atoms with van der Waals surface area (Å²) >= 11 is 0. The minimum atomic E-state index is 0. The summed E-state index contributed by atoms with van der Waals surface area (Å²) < 4.78 is 0. The molecule has 68 heavy (non-hydrogen) atoms. The monoisotopic (exact) mass is 933 g/mol. The first-order valence-corrected chi connectivity index (χ1v) is 24.2. The molecule has 1 unspecified atom stereocenters. The van der Waals surface area contributed by atoms with E-state index in [1.807, 2.05) is 36.4 Å². The molecule has 0 saturated carbocycles. The molecule has 0 saturated heterocycles. The Morgan fingerprint density at radius 2 is 0.721 bits per heavy atom. The number of hydrogen-bond donors (Lipinski definition) is 2. The maximum Gasteiger partial charge on any atom is 2.00 e. The molecule has 0 spiro atoms. The van der Waals surface area contributed by atoms with Crippen LogP contribution in [0, 0.1) is 38.5 Å². The van der Waals surface area contributed by atoms with Gasteiger partial charge in [0.15, 0.2) is 0 Å². The molecule has 1 atom stereocenters. The third-order valence-corrected chi connectivity index (χ3v) is 14.4. The van der Waals surface area contributed by atoms with Gasteiger partial charge in [0, 0.05) is 32.7 Å². The zero-order valence-electron chi connectivity index (χ0n) is 42.3. The van der Waals surface area contributed by atoms with E-state index in [2.05, 4.69) is 177 Å². The van der Waals surface area contributed by atoms with Gasteiger partial charge >= 0.3 is 21.7 Å². The quantitative estimate of drug-likeness (QED) is 0.100. The van der Waals surface area contributed by atoms with Gasteiger partial charge in [-0.25, -0.2) is 0 Å². The number of aromatic hydroxyl groups is 2. The summed E-state index contributed by atoms with van der Waals surface area (Å²) in [5, 5.41) is 26.3. The Hall–Kier alpha value is -5.41. The summed E-state index contributed by atoms with van der Waals surface area (Å²) in [7, 11) is 0. The molecule has 0 radical (unpaired) electrons. The van der Waals surface area contributed by atoms with Crippen LogP contribution in [0.5, 0.6) is 11.5 Å². The van der Waals surface area contributed by atoms with Crippen molar-refractivity contribution in [3.8, 4) is 56.0 Å². The second-order valence-corrected chi connectivity index (χ2v) is 20.9.